The van der Waals surface area contributed by atoms with Crippen molar-refractivity contribution in [3.63, 3.8) is 0 Å². The monoisotopic (exact) mass is 328 g/mol. The van der Waals surface area contributed by atoms with Gasteiger partial charge in [-0.1, -0.05) is 12.1 Å². The summed E-state index contributed by atoms with van der Waals surface area (Å²) in [6, 6.07) is 8.40. The maximum Gasteiger partial charge on any atom is 0.135 e. The number of halogens is 3. The first kappa shape index (κ1) is 18.1. The van der Waals surface area contributed by atoms with Crippen LogP contribution >= 0.6 is 0 Å². The van der Waals surface area contributed by atoms with Crippen molar-refractivity contribution < 1.29 is 13.2 Å². The summed E-state index contributed by atoms with van der Waals surface area (Å²) in [4.78, 5) is 2.25. The van der Waals surface area contributed by atoms with Crippen LogP contribution in [0, 0.1) is 0 Å². The second kappa shape index (κ2) is 8.57. The molecule has 0 radical (unpaired) electrons. The first-order valence-corrected chi connectivity index (χ1v) is 8.37. The Balaban J connectivity index is 1.89. The van der Waals surface area contributed by atoms with Gasteiger partial charge in [-0.3, -0.25) is 4.39 Å². The molecule has 0 bridgehead atoms. The third-order valence-corrected chi connectivity index (χ3v) is 4.66. The minimum absolute atomic E-state index is 0.00873. The molecule has 1 aliphatic rings. The highest BCUT2D eigenvalue weighted by Crippen LogP contribution is 2.26. The number of alkyl halides is 3. The predicted molar refractivity (Wildman–Crippen MR) is 89.3 cm³/mol. The number of anilines is 1. The Morgan fingerprint density at radius 1 is 1.13 bits per heavy atom. The van der Waals surface area contributed by atoms with E-state index in [1.807, 2.05) is 24.3 Å². The Hall–Kier alpha value is -1.23. The maximum absolute atomic E-state index is 13.7. The largest absolute Gasteiger partial charge is 0.381 e. The molecule has 0 aliphatic heterocycles. The molecule has 1 N–H and O–H groups in total. The van der Waals surface area contributed by atoms with Crippen molar-refractivity contribution >= 4 is 5.69 Å². The molecule has 1 aliphatic carbocycles. The molecule has 23 heavy (non-hydrogen) atoms. The number of hydrogen-bond donors (Lipinski definition) is 1. The van der Waals surface area contributed by atoms with Gasteiger partial charge in [0.25, 0.3) is 0 Å². The number of nitrogens with zero attached hydrogens (tertiary/aromatic N) is 1. The summed E-state index contributed by atoms with van der Waals surface area (Å²) in [5.74, 6) is 0. The molecule has 4 atom stereocenters. The van der Waals surface area contributed by atoms with Crippen LogP contribution in [-0.2, 0) is 6.42 Å². The van der Waals surface area contributed by atoms with Crippen LogP contribution in [0.4, 0.5) is 18.9 Å². The molecule has 0 saturated heterocycles. The van der Waals surface area contributed by atoms with Crippen molar-refractivity contribution in [2.24, 2.45) is 0 Å². The van der Waals surface area contributed by atoms with Gasteiger partial charge in [-0.2, -0.15) is 0 Å². The number of benzene rings is 1. The number of nitrogens with one attached hydrogen (secondary N) is 1. The van der Waals surface area contributed by atoms with Crippen LogP contribution in [0.5, 0.6) is 0 Å². The minimum Gasteiger partial charge on any atom is -0.381 e. The van der Waals surface area contributed by atoms with Crippen molar-refractivity contribution in [2.75, 3.05) is 26.1 Å². The highest BCUT2D eigenvalue weighted by Gasteiger charge is 2.28. The molecule has 1 fully saturated rings. The lowest BCUT2D eigenvalue weighted by molar-refractivity contribution is 0.148. The van der Waals surface area contributed by atoms with E-state index in [1.165, 1.54) is 12.8 Å². The van der Waals surface area contributed by atoms with Crippen LogP contribution in [0.15, 0.2) is 24.3 Å². The van der Waals surface area contributed by atoms with E-state index in [2.05, 4.69) is 24.3 Å². The second-order valence-electron chi connectivity index (χ2n) is 6.62. The molecule has 1 aromatic rings. The fraction of sp³-hybridized carbons (Fsp3) is 0.667. The Morgan fingerprint density at radius 2 is 1.83 bits per heavy atom. The van der Waals surface area contributed by atoms with Crippen LogP contribution in [0.3, 0.4) is 0 Å². The highest BCUT2D eigenvalue weighted by atomic mass is 19.2. The van der Waals surface area contributed by atoms with Crippen molar-refractivity contribution in [1.82, 2.24) is 4.90 Å². The van der Waals surface area contributed by atoms with E-state index in [0.717, 1.165) is 17.7 Å². The van der Waals surface area contributed by atoms with Crippen LogP contribution in [-0.4, -0.2) is 50.1 Å². The predicted octanol–water partition coefficient (Wildman–Crippen LogP) is 4.16. The molecule has 0 heterocycles. The van der Waals surface area contributed by atoms with Crippen molar-refractivity contribution in [3.8, 4) is 0 Å². The normalized spacial score (nSPS) is 23.9. The lowest BCUT2D eigenvalue weighted by Gasteiger charge is -2.27. The number of likely N-dealkylation sites (N-methyl/N-ethyl adjacent to an activating group) is 1. The zero-order valence-electron chi connectivity index (χ0n) is 13.9. The molecule has 0 aromatic heterocycles. The molecule has 4 unspecified atom stereocenters. The molecule has 1 saturated carbocycles. The van der Waals surface area contributed by atoms with Gasteiger partial charge in [0.05, 0.1) is 6.67 Å². The molecular weight excluding hydrogens is 301 g/mol. The van der Waals surface area contributed by atoms with Crippen molar-refractivity contribution in [3.05, 3.63) is 29.8 Å². The molecule has 1 aromatic carbocycles. The van der Waals surface area contributed by atoms with Gasteiger partial charge in [0.2, 0.25) is 0 Å². The van der Waals surface area contributed by atoms with E-state index >= 15 is 0 Å². The topological polar surface area (TPSA) is 15.3 Å². The van der Waals surface area contributed by atoms with Crippen LogP contribution in [0.2, 0.25) is 0 Å². The lowest BCUT2D eigenvalue weighted by Crippen LogP contribution is -2.39. The molecule has 2 rings (SSSR count). The van der Waals surface area contributed by atoms with Gasteiger partial charge in [-0.25, -0.2) is 8.78 Å². The van der Waals surface area contributed by atoms with Gasteiger partial charge in [0.15, 0.2) is 0 Å². The van der Waals surface area contributed by atoms with E-state index < -0.39 is 19.0 Å². The summed E-state index contributed by atoms with van der Waals surface area (Å²) >= 11 is 0. The molecular formula is C18H27F3N2. The van der Waals surface area contributed by atoms with E-state index in [9.17, 15) is 13.2 Å². The Bertz CT molecular complexity index is 464. The lowest BCUT2D eigenvalue weighted by atomic mass is 10.0. The Labute approximate surface area is 137 Å². The molecule has 130 valence electrons. The van der Waals surface area contributed by atoms with E-state index in [-0.39, 0.29) is 12.8 Å². The van der Waals surface area contributed by atoms with E-state index in [4.69, 9.17) is 0 Å². The van der Waals surface area contributed by atoms with E-state index in [0.29, 0.717) is 12.1 Å². The minimum atomic E-state index is -1.72. The van der Waals surface area contributed by atoms with Gasteiger partial charge < -0.3 is 10.2 Å². The highest BCUT2D eigenvalue weighted by molar-refractivity contribution is 5.46. The van der Waals surface area contributed by atoms with Crippen LogP contribution < -0.4 is 5.32 Å². The second-order valence-corrected chi connectivity index (χ2v) is 6.62. The van der Waals surface area contributed by atoms with Crippen molar-refractivity contribution in [2.45, 2.75) is 56.5 Å². The van der Waals surface area contributed by atoms with E-state index in [1.54, 1.807) is 0 Å². The quantitative estimate of drug-likeness (QED) is 0.771. The molecule has 0 amide bonds. The maximum atomic E-state index is 13.7. The van der Waals surface area contributed by atoms with Gasteiger partial charge in [-0.15, -0.1) is 0 Å². The summed E-state index contributed by atoms with van der Waals surface area (Å²) in [7, 11) is 4.19. The van der Waals surface area contributed by atoms with Crippen LogP contribution in [0.1, 0.15) is 31.2 Å². The summed E-state index contributed by atoms with van der Waals surface area (Å²) in [6.07, 6.45) is -0.189. The molecule has 5 heteroatoms. The first-order valence-electron chi connectivity index (χ1n) is 8.37. The fourth-order valence-electron chi connectivity index (χ4n) is 3.32. The third kappa shape index (κ3) is 5.13. The smallest absolute Gasteiger partial charge is 0.135 e. The standard InChI is InChI=1S/C18H27F3N2/c1-23(2)18-5-3-4-17(18)22-14-8-6-13(7-9-14)12-16(21)15(20)10-11-19/h6-9,15-18,22H,3-5,10-12H2,1-2H3. The van der Waals surface area contributed by atoms with Gasteiger partial charge in [0, 0.05) is 30.6 Å². The van der Waals surface area contributed by atoms with Gasteiger partial charge in [0.1, 0.15) is 12.3 Å². The van der Waals surface area contributed by atoms with Crippen molar-refractivity contribution in [1.29, 1.82) is 0 Å². The summed E-state index contributed by atoms with van der Waals surface area (Å²) < 4.78 is 39.1. The Kier molecular flexibility index (Phi) is 6.75. The number of rotatable bonds is 8. The number of hydrogen-bond acceptors (Lipinski definition) is 2. The Morgan fingerprint density at radius 3 is 2.43 bits per heavy atom. The van der Waals surface area contributed by atoms with Crippen LogP contribution in [0.25, 0.3) is 0 Å². The first-order chi connectivity index (χ1) is 11.0. The van der Waals surface area contributed by atoms with Gasteiger partial charge in [-0.05, 0) is 51.1 Å². The summed E-state index contributed by atoms with van der Waals surface area (Å²) in [5.41, 5.74) is 1.74. The average Bonchev–Trinajstić information content (AvgIpc) is 2.98. The molecule has 2 nitrogen and oxygen atoms in total. The zero-order chi connectivity index (χ0) is 16.8. The average molecular weight is 328 g/mol. The molecule has 0 spiro atoms. The SMILES string of the molecule is CN(C)C1CCCC1Nc1ccc(CC(F)C(F)CCF)cc1. The fourth-order valence-corrected chi connectivity index (χ4v) is 3.32. The van der Waals surface area contributed by atoms with Gasteiger partial charge >= 0.3 is 0 Å². The third-order valence-electron chi connectivity index (χ3n) is 4.66. The summed E-state index contributed by atoms with van der Waals surface area (Å²) in [5, 5.41) is 3.54. The summed E-state index contributed by atoms with van der Waals surface area (Å²) in [6.45, 7) is -0.821. The zero-order valence-corrected chi connectivity index (χ0v) is 13.9.